The van der Waals surface area contributed by atoms with Crippen LogP contribution in [0.4, 0.5) is 0 Å². The van der Waals surface area contributed by atoms with Gasteiger partial charge in [-0.3, -0.25) is 0 Å². The SMILES string of the molecule is COCCCCn1ccnc1C#N. The predicted molar refractivity (Wildman–Crippen MR) is 48.1 cm³/mol. The molecular formula is C9H13N3O. The van der Waals surface area contributed by atoms with Crippen molar-refractivity contribution in [2.75, 3.05) is 13.7 Å². The topological polar surface area (TPSA) is 50.8 Å². The fourth-order valence-corrected chi connectivity index (χ4v) is 1.13. The summed E-state index contributed by atoms with van der Waals surface area (Å²) in [5.74, 6) is 0.484. The number of nitriles is 1. The van der Waals surface area contributed by atoms with Gasteiger partial charge in [-0.05, 0) is 12.8 Å². The number of hydrogen-bond acceptors (Lipinski definition) is 3. The lowest BCUT2D eigenvalue weighted by molar-refractivity contribution is 0.191. The van der Waals surface area contributed by atoms with Gasteiger partial charge in [-0.25, -0.2) is 4.98 Å². The van der Waals surface area contributed by atoms with Crippen LogP contribution in [0.25, 0.3) is 0 Å². The van der Waals surface area contributed by atoms with Crippen molar-refractivity contribution in [3.8, 4) is 6.07 Å². The van der Waals surface area contributed by atoms with Crippen LogP contribution in [-0.4, -0.2) is 23.3 Å². The van der Waals surface area contributed by atoms with Crippen LogP contribution in [0.15, 0.2) is 12.4 Å². The average molecular weight is 179 g/mol. The number of imidazole rings is 1. The third kappa shape index (κ3) is 2.88. The van der Waals surface area contributed by atoms with Crippen molar-refractivity contribution >= 4 is 0 Å². The maximum absolute atomic E-state index is 8.65. The Kier molecular flexibility index (Phi) is 4.00. The Morgan fingerprint density at radius 1 is 1.62 bits per heavy atom. The molecule has 0 fully saturated rings. The van der Waals surface area contributed by atoms with E-state index in [9.17, 15) is 0 Å². The number of hydrogen-bond donors (Lipinski definition) is 0. The first-order valence-corrected chi connectivity index (χ1v) is 4.28. The predicted octanol–water partition coefficient (Wildman–Crippen LogP) is 1.18. The standard InChI is InChI=1S/C9H13N3O/c1-13-7-3-2-5-12-6-4-11-9(12)8-10/h4,6H,2-3,5,7H2,1H3. The van der Waals surface area contributed by atoms with Gasteiger partial charge in [0, 0.05) is 32.7 Å². The Labute approximate surface area is 77.8 Å². The third-order valence-electron chi connectivity index (χ3n) is 1.81. The lowest BCUT2D eigenvalue weighted by Gasteiger charge is -2.02. The molecule has 0 saturated carbocycles. The minimum absolute atomic E-state index is 0.484. The molecule has 0 aromatic carbocycles. The normalized spacial score (nSPS) is 9.85. The van der Waals surface area contributed by atoms with Gasteiger partial charge in [0.25, 0.3) is 0 Å². The fraction of sp³-hybridized carbons (Fsp3) is 0.556. The highest BCUT2D eigenvalue weighted by Gasteiger charge is 1.99. The van der Waals surface area contributed by atoms with Gasteiger partial charge in [0.05, 0.1) is 0 Å². The van der Waals surface area contributed by atoms with Crippen LogP contribution in [0, 0.1) is 11.3 Å². The number of ether oxygens (including phenoxy) is 1. The van der Waals surface area contributed by atoms with E-state index in [-0.39, 0.29) is 0 Å². The van der Waals surface area contributed by atoms with E-state index < -0.39 is 0 Å². The van der Waals surface area contributed by atoms with E-state index in [4.69, 9.17) is 10.00 Å². The van der Waals surface area contributed by atoms with Crippen molar-refractivity contribution in [3.05, 3.63) is 18.2 Å². The highest BCUT2D eigenvalue weighted by molar-refractivity contribution is 5.10. The fourth-order valence-electron chi connectivity index (χ4n) is 1.13. The number of aryl methyl sites for hydroxylation is 1. The van der Waals surface area contributed by atoms with Gasteiger partial charge < -0.3 is 9.30 Å². The van der Waals surface area contributed by atoms with Gasteiger partial charge >= 0.3 is 0 Å². The van der Waals surface area contributed by atoms with Gasteiger partial charge in [0.15, 0.2) is 0 Å². The summed E-state index contributed by atoms with van der Waals surface area (Å²) < 4.78 is 6.78. The molecule has 0 aliphatic rings. The highest BCUT2D eigenvalue weighted by Crippen LogP contribution is 1.99. The molecule has 0 aliphatic heterocycles. The molecule has 0 aliphatic carbocycles. The van der Waals surface area contributed by atoms with Crippen LogP contribution < -0.4 is 0 Å². The number of aromatic nitrogens is 2. The second-order valence-corrected chi connectivity index (χ2v) is 2.76. The maximum atomic E-state index is 8.65. The maximum Gasteiger partial charge on any atom is 0.212 e. The molecule has 1 rings (SSSR count). The molecule has 1 heterocycles. The smallest absolute Gasteiger partial charge is 0.212 e. The van der Waals surface area contributed by atoms with Gasteiger partial charge in [-0.2, -0.15) is 5.26 Å². The summed E-state index contributed by atoms with van der Waals surface area (Å²) in [6.45, 7) is 1.61. The van der Waals surface area contributed by atoms with Gasteiger partial charge in [0.2, 0.25) is 5.82 Å². The monoisotopic (exact) mass is 179 g/mol. The molecule has 0 radical (unpaired) electrons. The van der Waals surface area contributed by atoms with Crippen LogP contribution in [-0.2, 0) is 11.3 Å². The van der Waals surface area contributed by atoms with Crippen LogP contribution in [0.5, 0.6) is 0 Å². The van der Waals surface area contributed by atoms with Crippen molar-refractivity contribution < 1.29 is 4.74 Å². The van der Waals surface area contributed by atoms with E-state index in [1.54, 1.807) is 13.3 Å². The van der Waals surface area contributed by atoms with E-state index in [0.717, 1.165) is 26.0 Å². The zero-order chi connectivity index (χ0) is 9.52. The number of methoxy groups -OCH3 is 1. The Morgan fingerprint density at radius 3 is 3.15 bits per heavy atom. The van der Waals surface area contributed by atoms with E-state index in [1.807, 2.05) is 16.8 Å². The Morgan fingerprint density at radius 2 is 2.46 bits per heavy atom. The van der Waals surface area contributed by atoms with Crippen molar-refractivity contribution in [2.24, 2.45) is 0 Å². The molecule has 4 heteroatoms. The average Bonchev–Trinajstić information content (AvgIpc) is 2.60. The molecule has 70 valence electrons. The number of nitrogens with zero attached hydrogens (tertiary/aromatic N) is 3. The zero-order valence-corrected chi connectivity index (χ0v) is 7.73. The molecule has 0 atom stereocenters. The Hall–Kier alpha value is -1.34. The molecule has 4 nitrogen and oxygen atoms in total. The summed E-state index contributed by atoms with van der Waals surface area (Å²) in [5, 5.41) is 8.65. The highest BCUT2D eigenvalue weighted by atomic mass is 16.5. The number of unbranched alkanes of at least 4 members (excludes halogenated alkanes) is 1. The summed E-state index contributed by atoms with van der Waals surface area (Å²) in [4.78, 5) is 3.90. The summed E-state index contributed by atoms with van der Waals surface area (Å²) >= 11 is 0. The first kappa shape index (κ1) is 9.75. The van der Waals surface area contributed by atoms with Crippen molar-refractivity contribution in [3.63, 3.8) is 0 Å². The number of rotatable bonds is 5. The zero-order valence-electron chi connectivity index (χ0n) is 7.73. The van der Waals surface area contributed by atoms with E-state index in [1.165, 1.54) is 0 Å². The van der Waals surface area contributed by atoms with Crippen LogP contribution in [0.2, 0.25) is 0 Å². The Balaban J connectivity index is 2.33. The first-order valence-electron chi connectivity index (χ1n) is 4.28. The summed E-state index contributed by atoms with van der Waals surface area (Å²) in [7, 11) is 1.69. The molecule has 0 amide bonds. The van der Waals surface area contributed by atoms with Crippen molar-refractivity contribution in [1.82, 2.24) is 9.55 Å². The van der Waals surface area contributed by atoms with Gasteiger partial charge in [0.1, 0.15) is 6.07 Å². The second-order valence-electron chi connectivity index (χ2n) is 2.76. The molecular weight excluding hydrogens is 166 g/mol. The summed E-state index contributed by atoms with van der Waals surface area (Å²) in [6.07, 6.45) is 5.50. The van der Waals surface area contributed by atoms with Crippen molar-refractivity contribution in [2.45, 2.75) is 19.4 Å². The lowest BCUT2D eigenvalue weighted by Crippen LogP contribution is -2.01. The Bertz CT molecular complexity index is 287. The van der Waals surface area contributed by atoms with Gasteiger partial charge in [-0.1, -0.05) is 0 Å². The summed E-state index contributed by atoms with van der Waals surface area (Å²) in [5.41, 5.74) is 0. The quantitative estimate of drug-likeness (QED) is 0.638. The van der Waals surface area contributed by atoms with Crippen molar-refractivity contribution in [1.29, 1.82) is 5.26 Å². The van der Waals surface area contributed by atoms with Crippen LogP contribution in [0.3, 0.4) is 0 Å². The first-order chi connectivity index (χ1) is 6.38. The van der Waals surface area contributed by atoms with Crippen LogP contribution >= 0.6 is 0 Å². The largest absolute Gasteiger partial charge is 0.385 e. The summed E-state index contributed by atoms with van der Waals surface area (Å²) in [6, 6.07) is 2.04. The van der Waals surface area contributed by atoms with E-state index in [0.29, 0.717) is 5.82 Å². The lowest BCUT2D eigenvalue weighted by atomic mass is 10.3. The van der Waals surface area contributed by atoms with Crippen LogP contribution in [0.1, 0.15) is 18.7 Å². The molecule has 0 unspecified atom stereocenters. The molecule has 1 aromatic rings. The van der Waals surface area contributed by atoms with Gasteiger partial charge in [-0.15, -0.1) is 0 Å². The second kappa shape index (κ2) is 5.33. The van der Waals surface area contributed by atoms with E-state index >= 15 is 0 Å². The third-order valence-corrected chi connectivity index (χ3v) is 1.81. The molecule has 0 bridgehead atoms. The molecule has 0 N–H and O–H groups in total. The molecule has 0 saturated heterocycles. The molecule has 1 aromatic heterocycles. The molecule has 0 spiro atoms. The molecule has 13 heavy (non-hydrogen) atoms. The minimum atomic E-state index is 0.484. The van der Waals surface area contributed by atoms with E-state index in [2.05, 4.69) is 4.98 Å². The minimum Gasteiger partial charge on any atom is -0.385 e.